The van der Waals surface area contributed by atoms with E-state index < -0.39 is 0 Å². The Hall–Kier alpha value is -1.88. The summed E-state index contributed by atoms with van der Waals surface area (Å²) in [5.74, 6) is 0.367. The van der Waals surface area contributed by atoms with Gasteiger partial charge in [0.05, 0.1) is 12.7 Å². The molecule has 1 amide bonds. The van der Waals surface area contributed by atoms with E-state index in [1.807, 2.05) is 0 Å². The third-order valence-electron chi connectivity index (χ3n) is 4.38. The normalized spacial score (nSPS) is 10.8. The molecule has 0 aromatic heterocycles. The van der Waals surface area contributed by atoms with E-state index in [0.29, 0.717) is 29.8 Å². The molecular weight excluding hydrogens is 316 g/mol. The molecular formula is C20H32N2O3. The highest BCUT2D eigenvalue weighted by Crippen LogP contribution is 2.21. The Morgan fingerprint density at radius 1 is 1.12 bits per heavy atom. The fourth-order valence-corrected chi connectivity index (χ4v) is 2.70. The van der Waals surface area contributed by atoms with Crippen molar-refractivity contribution in [2.45, 2.75) is 46.5 Å². The van der Waals surface area contributed by atoms with Crippen LogP contribution in [0.1, 0.15) is 67.2 Å². The first-order chi connectivity index (χ1) is 12.1. The molecule has 25 heavy (non-hydrogen) atoms. The summed E-state index contributed by atoms with van der Waals surface area (Å²) >= 11 is 0. The summed E-state index contributed by atoms with van der Waals surface area (Å²) in [6.07, 6.45) is 3.52. The van der Waals surface area contributed by atoms with E-state index >= 15 is 0 Å². The Labute approximate surface area is 151 Å². The maximum Gasteiger partial charge on any atom is 0.255 e. The van der Waals surface area contributed by atoms with Gasteiger partial charge in [-0.25, -0.2) is 0 Å². The number of likely N-dealkylation sites (N-methyl/N-ethyl adjacent to an activating group) is 1. The lowest BCUT2D eigenvalue weighted by atomic mass is 10.0. The molecule has 0 bridgehead atoms. The number of hydrogen-bond acceptors (Lipinski definition) is 4. The number of amides is 1. The third kappa shape index (κ3) is 6.86. The molecule has 1 rings (SSSR count). The van der Waals surface area contributed by atoms with Gasteiger partial charge in [-0.1, -0.05) is 33.6 Å². The summed E-state index contributed by atoms with van der Waals surface area (Å²) in [6.45, 7) is 9.59. The lowest BCUT2D eigenvalue weighted by Crippen LogP contribution is -2.35. The molecule has 0 unspecified atom stereocenters. The van der Waals surface area contributed by atoms with E-state index in [1.165, 1.54) is 7.11 Å². The van der Waals surface area contributed by atoms with Crippen molar-refractivity contribution in [2.75, 3.05) is 33.3 Å². The summed E-state index contributed by atoms with van der Waals surface area (Å²) < 4.78 is 5.29. The van der Waals surface area contributed by atoms with E-state index in [1.54, 1.807) is 18.2 Å². The molecule has 1 aromatic rings. The van der Waals surface area contributed by atoms with Crippen molar-refractivity contribution in [1.82, 2.24) is 10.2 Å². The number of carbonyl (C=O) groups excluding carboxylic acids is 2. The monoisotopic (exact) mass is 348 g/mol. The summed E-state index contributed by atoms with van der Waals surface area (Å²) in [5.41, 5.74) is 0.995. The number of carbonyl (C=O) groups is 2. The van der Waals surface area contributed by atoms with Crippen LogP contribution in [0.3, 0.4) is 0 Å². The molecule has 0 atom stereocenters. The minimum Gasteiger partial charge on any atom is -0.496 e. The van der Waals surface area contributed by atoms with Crippen molar-refractivity contribution in [3.05, 3.63) is 29.3 Å². The van der Waals surface area contributed by atoms with Gasteiger partial charge in [-0.15, -0.1) is 0 Å². The molecule has 0 aliphatic heterocycles. The van der Waals surface area contributed by atoms with E-state index in [0.717, 1.165) is 38.9 Å². The van der Waals surface area contributed by atoms with Crippen LogP contribution in [0.5, 0.6) is 5.75 Å². The summed E-state index contributed by atoms with van der Waals surface area (Å²) in [7, 11) is 1.53. The topological polar surface area (TPSA) is 58.6 Å². The Balaban J connectivity index is 2.77. The molecule has 0 aliphatic rings. The van der Waals surface area contributed by atoms with Gasteiger partial charge in [0.1, 0.15) is 5.75 Å². The van der Waals surface area contributed by atoms with Gasteiger partial charge in [0.2, 0.25) is 0 Å². The van der Waals surface area contributed by atoms with Gasteiger partial charge in [-0.05, 0) is 37.7 Å². The van der Waals surface area contributed by atoms with E-state index in [9.17, 15) is 9.59 Å². The van der Waals surface area contributed by atoms with Gasteiger partial charge in [-0.3, -0.25) is 9.59 Å². The minimum atomic E-state index is -0.202. The lowest BCUT2D eigenvalue weighted by molar-refractivity contribution is 0.0946. The van der Waals surface area contributed by atoms with Crippen molar-refractivity contribution in [3.8, 4) is 5.75 Å². The SMILES string of the molecule is CCCCCC(=O)c1ccc(OC)c(C(=O)NCCN(CC)CC)c1. The fourth-order valence-electron chi connectivity index (χ4n) is 2.70. The number of benzene rings is 1. The van der Waals surface area contributed by atoms with Crippen LogP contribution in [0.2, 0.25) is 0 Å². The Morgan fingerprint density at radius 3 is 2.44 bits per heavy atom. The zero-order valence-electron chi connectivity index (χ0n) is 16.1. The molecule has 5 nitrogen and oxygen atoms in total. The number of Topliss-reactive ketones (excluding diaryl/α,β-unsaturated/α-hetero) is 1. The minimum absolute atomic E-state index is 0.0771. The highest BCUT2D eigenvalue weighted by atomic mass is 16.5. The van der Waals surface area contributed by atoms with Gasteiger partial charge < -0.3 is 15.0 Å². The second-order valence-corrected chi connectivity index (χ2v) is 6.08. The molecule has 0 heterocycles. The Kier molecular flexibility index (Phi) is 9.85. The summed E-state index contributed by atoms with van der Waals surface area (Å²) in [4.78, 5) is 27.0. The molecule has 0 aliphatic carbocycles. The standard InChI is InChI=1S/C20H32N2O3/c1-5-8-9-10-18(23)16-11-12-19(25-4)17(15-16)20(24)21-13-14-22(6-2)7-3/h11-12,15H,5-10,13-14H2,1-4H3,(H,21,24). The van der Waals surface area contributed by atoms with Gasteiger partial charge in [0.15, 0.2) is 5.78 Å². The molecule has 0 saturated heterocycles. The summed E-state index contributed by atoms with van der Waals surface area (Å²) in [6, 6.07) is 5.09. The molecule has 5 heteroatoms. The number of methoxy groups -OCH3 is 1. The van der Waals surface area contributed by atoms with Crippen molar-refractivity contribution in [3.63, 3.8) is 0 Å². The number of nitrogens with zero attached hydrogens (tertiary/aromatic N) is 1. The van der Waals surface area contributed by atoms with Gasteiger partial charge in [-0.2, -0.15) is 0 Å². The molecule has 140 valence electrons. The smallest absolute Gasteiger partial charge is 0.255 e. The van der Waals surface area contributed by atoms with Crippen LogP contribution in [0.4, 0.5) is 0 Å². The first kappa shape index (κ1) is 21.2. The molecule has 0 radical (unpaired) electrons. The molecule has 1 aromatic carbocycles. The van der Waals surface area contributed by atoms with E-state index in [-0.39, 0.29) is 11.7 Å². The van der Waals surface area contributed by atoms with Crippen molar-refractivity contribution in [1.29, 1.82) is 0 Å². The third-order valence-corrected chi connectivity index (χ3v) is 4.38. The number of ketones is 1. The van der Waals surface area contributed by atoms with Gasteiger partial charge >= 0.3 is 0 Å². The second-order valence-electron chi connectivity index (χ2n) is 6.08. The Bertz CT molecular complexity index is 554. The van der Waals surface area contributed by atoms with Crippen LogP contribution < -0.4 is 10.1 Å². The van der Waals surface area contributed by atoms with Gasteiger partial charge in [0.25, 0.3) is 5.91 Å². The number of nitrogens with one attached hydrogen (secondary N) is 1. The number of rotatable bonds is 12. The number of unbranched alkanes of at least 4 members (excludes halogenated alkanes) is 2. The molecule has 1 N–H and O–H groups in total. The van der Waals surface area contributed by atoms with Crippen LogP contribution in [0, 0.1) is 0 Å². The highest BCUT2D eigenvalue weighted by Gasteiger charge is 2.16. The van der Waals surface area contributed by atoms with E-state index in [4.69, 9.17) is 4.74 Å². The second kappa shape index (κ2) is 11.6. The quantitative estimate of drug-likeness (QED) is 0.464. The predicted octanol–water partition coefficient (Wildman–Crippen LogP) is 3.53. The average molecular weight is 348 g/mol. The Morgan fingerprint density at radius 2 is 1.84 bits per heavy atom. The first-order valence-electron chi connectivity index (χ1n) is 9.29. The zero-order valence-corrected chi connectivity index (χ0v) is 16.1. The largest absolute Gasteiger partial charge is 0.496 e. The van der Waals surface area contributed by atoms with Crippen molar-refractivity contribution in [2.24, 2.45) is 0 Å². The van der Waals surface area contributed by atoms with Crippen molar-refractivity contribution < 1.29 is 14.3 Å². The summed E-state index contributed by atoms with van der Waals surface area (Å²) in [5, 5.41) is 2.92. The number of ether oxygens (including phenoxy) is 1. The average Bonchev–Trinajstić information content (AvgIpc) is 2.64. The van der Waals surface area contributed by atoms with Gasteiger partial charge in [0, 0.05) is 25.1 Å². The first-order valence-corrected chi connectivity index (χ1v) is 9.29. The fraction of sp³-hybridized carbons (Fsp3) is 0.600. The highest BCUT2D eigenvalue weighted by molar-refractivity contribution is 6.02. The van der Waals surface area contributed by atoms with E-state index in [2.05, 4.69) is 31.0 Å². The molecule has 0 fully saturated rings. The zero-order chi connectivity index (χ0) is 18.7. The maximum absolute atomic E-state index is 12.5. The lowest BCUT2D eigenvalue weighted by Gasteiger charge is -2.18. The maximum atomic E-state index is 12.5. The van der Waals surface area contributed by atoms with Crippen LogP contribution >= 0.6 is 0 Å². The molecule has 0 saturated carbocycles. The van der Waals surface area contributed by atoms with Crippen molar-refractivity contribution >= 4 is 11.7 Å². The number of hydrogen-bond donors (Lipinski definition) is 1. The van der Waals surface area contributed by atoms with Crippen LogP contribution in [-0.4, -0.2) is 49.9 Å². The van der Waals surface area contributed by atoms with Crippen LogP contribution in [0.15, 0.2) is 18.2 Å². The predicted molar refractivity (Wildman–Crippen MR) is 102 cm³/mol. The van der Waals surface area contributed by atoms with Crippen LogP contribution in [-0.2, 0) is 0 Å². The molecule has 0 spiro atoms. The van der Waals surface area contributed by atoms with Crippen LogP contribution in [0.25, 0.3) is 0 Å².